The van der Waals surface area contributed by atoms with Crippen molar-refractivity contribution in [3.05, 3.63) is 0 Å². The Hall–Kier alpha value is -1.24. The number of nitriles is 1. The van der Waals surface area contributed by atoms with Gasteiger partial charge in [-0.2, -0.15) is 5.26 Å². The minimum Gasteiger partial charge on any atom is -0.337 e. The molecule has 0 bridgehead atoms. The van der Waals surface area contributed by atoms with Crippen LogP contribution in [0.25, 0.3) is 0 Å². The Balaban J connectivity index is 2.17. The van der Waals surface area contributed by atoms with Gasteiger partial charge in [0.1, 0.15) is 0 Å². The fourth-order valence-electron chi connectivity index (χ4n) is 1.47. The van der Waals surface area contributed by atoms with Crippen molar-refractivity contribution in [2.75, 3.05) is 19.6 Å². The molecular weight excluding hydrogens is 166 g/mol. The fourth-order valence-corrected chi connectivity index (χ4v) is 1.47. The Morgan fingerprint density at radius 3 is 2.69 bits per heavy atom. The first-order chi connectivity index (χ1) is 6.05. The molecule has 0 atom stereocenters. The molecule has 0 spiro atoms. The molecule has 0 aliphatic carbocycles. The van der Waals surface area contributed by atoms with Crippen LogP contribution in [0.3, 0.4) is 0 Å². The number of hydrogen-bond acceptors (Lipinski definition) is 2. The average Bonchev–Trinajstić information content (AvgIpc) is 2.00. The number of nitrogens with zero attached hydrogens (tertiary/aromatic N) is 2. The number of amides is 2. The minimum absolute atomic E-state index is 0.0467. The second-order valence-corrected chi connectivity index (χ2v) is 4.16. The Kier molecular flexibility index (Phi) is 2.76. The Bertz CT molecular complexity index is 234. The van der Waals surface area contributed by atoms with E-state index in [4.69, 9.17) is 5.26 Å². The highest BCUT2D eigenvalue weighted by atomic mass is 16.2. The summed E-state index contributed by atoms with van der Waals surface area (Å²) >= 11 is 0. The van der Waals surface area contributed by atoms with Crippen LogP contribution in [-0.4, -0.2) is 30.6 Å². The summed E-state index contributed by atoms with van der Waals surface area (Å²) in [6.45, 7) is 6.33. The van der Waals surface area contributed by atoms with E-state index < -0.39 is 0 Å². The van der Waals surface area contributed by atoms with Crippen LogP contribution in [0.5, 0.6) is 0 Å². The van der Waals surface area contributed by atoms with Gasteiger partial charge < -0.3 is 10.2 Å². The first kappa shape index (κ1) is 9.85. The van der Waals surface area contributed by atoms with E-state index in [1.165, 1.54) is 0 Å². The van der Waals surface area contributed by atoms with Gasteiger partial charge in [-0.25, -0.2) is 4.79 Å². The van der Waals surface area contributed by atoms with Crippen molar-refractivity contribution in [3.8, 4) is 6.07 Å². The predicted molar refractivity (Wildman–Crippen MR) is 49.0 cm³/mol. The van der Waals surface area contributed by atoms with Crippen LogP contribution in [0, 0.1) is 16.7 Å². The molecule has 0 saturated carbocycles. The predicted octanol–water partition coefficient (Wildman–Crippen LogP) is 0.951. The van der Waals surface area contributed by atoms with Gasteiger partial charge in [0.25, 0.3) is 0 Å². The lowest BCUT2D eigenvalue weighted by atomic mass is 9.85. The minimum atomic E-state index is -0.0467. The molecule has 1 fully saturated rings. The number of hydrogen-bond donors (Lipinski definition) is 1. The van der Waals surface area contributed by atoms with E-state index in [0.29, 0.717) is 13.0 Å². The third-order valence-electron chi connectivity index (χ3n) is 2.04. The molecule has 0 aromatic carbocycles. The first-order valence-corrected chi connectivity index (χ1v) is 4.45. The molecule has 1 saturated heterocycles. The van der Waals surface area contributed by atoms with Crippen LogP contribution in [0.1, 0.15) is 20.3 Å². The van der Waals surface area contributed by atoms with E-state index in [1.807, 2.05) is 6.07 Å². The van der Waals surface area contributed by atoms with Gasteiger partial charge in [0.15, 0.2) is 0 Å². The summed E-state index contributed by atoms with van der Waals surface area (Å²) in [7, 11) is 0. The van der Waals surface area contributed by atoms with E-state index >= 15 is 0 Å². The summed E-state index contributed by atoms with van der Waals surface area (Å²) in [5.41, 5.74) is 0.270. The highest BCUT2D eigenvalue weighted by molar-refractivity contribution is 5.75. The van der Waals surface area contributed by atoms with Gasteiger partial charge in [0.05, 0.1) is 12.5 Å². The number of urea groups is 1. The molecule has 0 aromatic rings. The maximum atomic E-state index is 11.3. The number of rotatable bonds is 2. The SMILES string of the molecule is CC1(C)CN(C(=O)NCCC#N)C1. The van der Waals surface area contributed by atoms with Crippen LogP contribution in [0.4, 0.5) is 4.79 Å². The molecule has 1 aliphatic rings. The number of likely N-dealkylation sites (tertiary alicyclic amines) is 1. The lowest BCUT2D eigenvalue weighted by Crippen LogP contribution is -2.58. The number of carbonyl (C=O) groups is 1. The summed E-state index contributed by atoms with van der Waals surface area (Å²) in [5, 5.41) is 10.9. The molecule has 4 nitrogen and oxygen atoms in total. The van der Waals surface area contributed by atoms with Crippen molar-refractivity contribution in [1.29, 1.82) is 5.26 Å². The zero-order valence-corrected chi connectivity index (χ0v) is 8.13. The highest BCUT2D eigenvalue weighted by Crippen LogP contribution is 2.28. The van der Waals surface area contributed by atoms with Crippen molar-refractivity contribution in [3.63, 3.8) is 0 Å². The van der Waals surface area contributed by atoms with Gasteiger partial charge in [0.2, 0.25) is 0 Å². The van der Waals surface area contributed by atoms with E-state index in [-0.39, 0.29) is 11.4 Å². The van der Waals surface area contributed by atoms with Gasteiger partial charge in [0, 0.05) is 25.0 Å². The summed E-state index contributed by atoms with van der Waals surface area (Å²) in [6.07, 6.45) is 0.378. The highest BCUT2D eigenvalue weighted by Gasteiger charge is 2.36. The molecule has 2 amide bonds. The largest absolute Gasteiger partial charge is 0.337 e. The molecule has 72 valence electrons. The Labute approximate surface area is 78.5 Å². The van der Waals surface area contributed by atoms with Gasteiger partial charge >= 0.3 is 6.03 Å². The lowest BCUT2D eigenvalue weighted by molar-refractivity contribution is 0.0619. The number of nitrogens with one attached hydrogen (secondary N) is 1. The zero-order valence-electron chi connectivity index (χ0n) is 8.13. The molecule has 0 aromatic heterocycles. The van der Waals surface area contributed by atoms with Gasteiger partial charge in [-0.15, -0.1) is 0 Å². The zero-order chi connectivity index (χ0) is 9.90. The van der Waals surface area contributed by atoms with Gasteiger partial charge in [-0.05, 0) is 0 Å². The summed E-state index contributed by atoms with van der Waals surface area (Å²) < 4.78 is 0. The van der Waals surface area contributed by atoms with Crippen LogP contribution >= 0.6 is 0 Å². The first-order valence-electron chi connectivity index (χ1n) is 4.45. The van der Waals surface area contributed by atoms with Crippen LogP contribution in [0.2, 0.25) is 0 Å². The molecule has 1 heterocycles. The maximum Gasteiger partial charge on any atom is 0.317 e. The van der Waals surface area contributed by atoms with Crippen LogP contribution in [0.15, 0.2) is 0 Å². The molecular formula is C9H15N3O. The number of carbonyl (C=O) groups excluding carboxylic acids is 1. The summed E-state index contributed by atoms with van der Waals surface area (Å²) in [6, 6.07) is 1.93. The second kappa shape index (κ2) is 3.65. The smallest absolute Gasteiger partial charge is 0.317 e. The van der Waals surface area contributed by atoms with Crippen molar-refractivity contribution in [2.45, 2.75) is 20.3 Å². The molecule has 1 rings (SSSR count). The van der Waals surface area contributed by atoms with Crippen molar-refractivity contribution in [2.24, 2.45) is 5.41 Å². The fraction of sp³-hybridized carbons (Fsp3) is 0.778. The lowest BCUT2D eigenvalue weighted by Gasteiger charge is -2.45. The third kappa shape index (κ3) is 2.62. The van der Waals surface area contributed by atoms with E-state index in [1.54, 1.807) is 4.90 Å². The van der Waals surface area contributed by atoms with Crippen molar-refractivity contribution >= 4 is 6.03 Å². The van der Waals surface area contributed by atoms with Crippen molar-refractivity contribution < 1.29 is 4.79 Å². The molecule has 1 aliphatic heterocycles. The summed E-state index contributed by atoms with van der Waals surface area (Å²) in [5.74, 6) is 0. The third-order valence-corrected chi connectivity index (χ3v) is 2.04. The van der Waals surface area contributed by atoms with Gasteiger partial charge in [-0.1, -0.05) is 13.8 Å². The van der Waals surface area contributed by atoms with E-state index in [0.717, 1.165) is 13.1 Å². The normalized spacial score (nSPS) is 18.7. The Morgan fingerprint density at radius 1 is 1.62 bits per heavy atom. The Morgan fingerprint density at radius 2 is 2.23 bits per heavy atom. The molecule has 13 heavy (non-hydrogen) atoms. The van der Waals surface area contributed by atoms with Crippen molar-refractivity contribution in [1.82, 2.24) is 10.2 Å². The molecule has 4 heteroatoms. The van der Waals surface area contributed by atoms with Gasteiger partial charge in [-0.3, -0.25) is 0 Å². The second-order valence-electron chi connectivity index (χ2n) is 4.16. The standard InChI is InChI=1S/C9H15N3O/c1-9(2)6-12(7-9)8(13)11-5-3-4-10/h3,5-7H2,1-2H3,(H,11,13). The molecule has 0 unspecified atom stereocenters. The van der Waals surface area contributed by atoms with Crippen LogP contribution in [-0.2, 0) is 0 Å². The molecule has 1 N–H and O–H groups in total. The van der Waals surface area contributed by atoms with Crippen LogP contribution < -0.4 is 5.32 Å². The average molecular weight is 181 g/mol. The quantitative estimate of drug-likeness (QED) is 0.645. The maximum absolute atomic E-state index is 11.3. The van der Waals surface area contributed by atoms with E-state index in [9.17, 15) is 4.79 Å². The van der Waals surface area contributed by atoms with E-state index in [2.05, 4.69) is 19.2 Å². The monoisotopic (exact) mass is 181 g/mol. The topological polar surface area (TPSA) is 56.1 Å². The summed E-state index contributed by atoms with van der Waals surface area (Å²) in [4.78, 5) is 13.1. The molecule has 0 radical (unpaired) electrons.